The van der Waals surface area contributed by atoms with Crippen LogP contribution in [0.2, 0.25) is 5.02 Å². The molecule has 1 aliphatic carbocycles. The van der Waals surface area contributed by atoms with Crippen LogP contribution in [-0.4, -0.2) is 32.0 Å². The molecule has 166 valence electrons. The molecule has 0 amide bonds. The summed E-state index contributed by atoms with van der Waals surface area (Å²) < 4.78 is 54.2. The van der Waals surface area contributed by atoms with Crippen molar-refractivity contribution in [3.8, 4) is 0 Å². The second-order valence-corrected chi connectivity index (χ2v) is 7.14. The standard InChI is InChI=1S/C19H17ClF4N4O3/c20-12-3-1-11(2-4-12)10-28-16(26-17(30)27(7-8-29)18(28)31)25-13-5-6-14(15(21)9-13)19(22,23)24/h1-4,9,29H,5-8,10H2,(H,25,26,30). The number of aromatic nitrogens is 3. The molecule has 0 radical (unpaired) electrons. The molecule has 31 heavy (non-hydrogen) atoms. The Balaban J connectivity index is 2.03. The average molecular weight is 461 g/mol. The minimum Gasteiger partial charge on any atom is -0.395 e. The van der Waals surface area contributed by atoms with Gasteiger partial charge in [0.05, 0.1) is 25.3 Å². The maximum Gasteiger partial charge on any atom is 0.415 e. The van der Waals surface area contributed by atoms with E-state index in [9.17, 15) is 27.2 Å². The van der Waals surface area contributed by atoms with E-state index >= 15 is 0 Å². The Morgan fingerprint density at radius 1 is 1.13 bits per heavy atom. The lowest BCUT2D eigenvalue weighted by atomic mass is 10.0. The summed E-state index contributed by atoms with van der Waals surface area (Å²) in [5, 5.41) is 12.2. The summed E-state index contributed by atoms with van der Waals surface area (Å²) in [6.45, 7) is -0.830. The summed E-state index contributed by atoms with van der Waals surface area (Å²) in [6.07, 6.45) is -4.91. The zero-order chi connectivity index (χ0) is 22.8. The molecule has 1 aliphatic rings. The second-order valence-electron chi connectivity index (χ2n) is 6.71. The lowest BCUT2D eigenvalue weighted by Crippen LogP contribution is -2.43. The lowest BCUT2D eigenvalue weighted by Gasteiger charge is -2.21. The van der Waals surface area contributed by atoms with Crippen LogP contribution in [0.25, 0.3) is 0 Å². The molecule has 0 saturated heterocycles. The van der Waals surface area contributed by atoms with E-state index in [2.05, 4.69) is 10.3 Å². The molecule has 0 atom stereocenters. The van der Waals surface area contributed by atoms with Gasteiger partial charge in [-0.25, -0.2) is 18.5 Å². The van der Waals surface area contributed by atoms with Crippen LogP contribution in [0.1, 0.15) is 18.4 Å². The van der Waals surface area contributed by atoms with Crippen LogP contribution in [0.4, 0.5) is 23.5 Å². The van der Waals surface area contributed by atoms with Gasteiger partial charge in [-0.15, -0.1) is 0 Å². The van der Waals surface area contributed by atoms with Gasteiger partial charge in [0.1, 0.15) is 5.83 Å². The van der Waals surface area contributed by atoms with E-state index in [1.54, 1.807) is 24.3 Å². The highest BCUT2D eigenvalue weighted by Gasteiger charge is 2.37. The van der Waals surface area contributed by atoms with Crippen LogP contribution in [-0.2, 0) is 13.1 Å². The number of aliphatic hydroxyl groups excluding tert-OH is 1. The smallest absolute Gasteiger partial charge is 0.395 e. The summed E-state index contributed by atoms with van der Waals surface area (Å²) in [6, 6.07) is 6.46. The summed E-state index contributed by atoms with van der Waals surface area (Å²) in [5.41, 5.74) is -2.38. The van der Waals surface area contributed by atoms with Crippen molar-refractivity contribution in [2.24, 2.45) is 0 Å². The minimum absolute atomic E-state index is 0.0292. The highest BCUT2D eigenvalue weighted by molar-refractivity contribution is 6.30. The van der Waals surface area contributed by atoms with E-state index in [0.717, 1.165) is 9.13 Å². The van der Waals surface area contributed by atoms with Crippen LogP contribution in [0.3, 0.4) is 0 Å². The zero-order valence-corrected chi connectivity index (χ0v) is 16.7. The number of rotatable bonds is 6. The summed E-state index contributed by atoms with van der Waals surface area (Å²) >= 11 is 5.86. The van der Waals surface area contributed by atoms with Gasteiger partial charge in [0, 0.05) is 10.7 Å². The first-order chi connectivity index (χ1) is 14.6. The average Bonchev–Trinajstić information content (AvgIpc) is 2.68. The van der Waals surface area contributed by atoms with Crippen molar-refractivity contribution in [3.05, 3.63) is 79.0 Å². The predicted molar refractivity (Wildman–Crippen MR) is 106 cm³/mol. The molecule has 12 heteroatoms. The van der Waals surface area contributed by atoms with Gasteiger partial charge in [-0.05, 0) is 36.6 Å². The molecule has 0 aliphatic heterocycles. The van der Waals surface area contributed by atoms with Crippen molar-refractivity contribution in [2.45, 2.75) is 32.1 Å². The Hall–Kier alpha value is -2.92. The quantitative estimate of drug-likeness (QED) is 0.647. The van der Waals surface area contributed by atoms with Crippen LogP contribution in [0.5, 0.6) is 0 Å². The van der Waals surface area contributed by atoms with Gasteiger partial charge in [0.2, 0.25) is 5.95 Å². The molecule has 2 N–H and O–H groups in total. The first-order valence-corrected chi connectivity index (χ1v) is 9.48. The second kappa shape index (κ2) is 9.06. The van der Waals surface area contributed by atoms with Crippen LogP contribution < -0.4 is 16.7 Å². The van der Waals surface area contributed by atoms with Crippen molar-refractivity contribution in [3.63, 3.8) is 0 Å². The van der Waals surface area contributed by atoms with Gasteiger partial charge in [-0.2, -0.15) is 18.2 Å². The molecule has 1 heterocycles. The Morgan fingerprint density at radius 3 is 2.39 bits per heavy atom. The molecule has 3 rings (SSSR count). The normalized spacial score (nSPS) is 14.6. The van der Waals surface area contributed by atoms with E-state index in [1.807, 2.05) is 0 Å². The molecule has 7 nitrogen and oxygen atoms in total. The van der Waals surface area contributed by atoms with Gasteiger partial charge < -0.3 is 10.4 Å². The van der Waals surface area contributed by atoms with E-state index in [4.69, 9.17) is 16.7 Å². The topological polar surface area (TPSA) is 89.2 Å². The number of nitrogens with one attached hydrogen (secondary N) is 1. The molecule has 1 aromatic carbocycles. The number of aliphatic hydroxyl groups is 1. The first kappa shape index (κ1) is 22.8. The van der Waals surface area contributed by atoms with Crippen molar-refractivity contribution in [2.75, 3.05) is 11.9 Å². The Labute approximate surface area is 177 Å². The van der Waals surface area contributed by atoms with E-state index in [0.29, 0.717) is 16.7 Å². The lowest BCUT2D eigenvalue weighted by molar-refractivity contribution is -0.0958. The van der Waals surface area contributed by atoms with Crippen molar-refractivity contribution in [1.29, 1.82) is 0 Å². The molecule has 0 spiro atoms. The summed E-state index contributed by atoms with van der Waals surface area (Å²) in [4.78, 5) is 28.8. The van der Waals surface area contributed by atoms with Gasteiger partial charge >= 0.3 is 17.6 Å². The number of hydrogen-bond donors (Lipinski definition) is 2. The largest absolute Gasteiger partial charge is 0.415 e. The molecule has 0 unspecified atom stereocenters. The maximum atomic E-state index is 14.0. The third kappa shape index (κ3) is 5.23. The minimum atomic E-state index is -4.79. The molecule has 0 bridgehead atoms. The first-order valence-electron chi connectivity index (χ1n) is 9.10. The van der Waals surface area contributed by atoms with Crippen LogP contribution >= 0.6 is 11.6 Å². The number of nitrogens with zero attached hydrogens (tertiary/aromatic N) is 3. The van der Waals surface area contributed by atoms with Gasteiger partial charge in [-0.3, -0.25) is 4.57 Å². The SMILES string of the molecule is O=c1nc(NC2=CC(F)=C(C(F)(F)F)CC2)n(Cc2ccc(Cl)cc2)c(=O)n1CCO. The van der Waals surface area contributed by atoms with Gasteiger partial charge in [0.25, 0.3) is 0 Å². The predicted octanol–water partition coefficient (Wildman–Crippen LogP) is 2.97. The fourth-order valence-corrected chi connectivity index (χ4v) is 3.17. The molecular weight excluding hydrogens is 444 g/mol. The Kier molecular flexibility index (Phi) is 6.65. The highest BCUT2D eigenvalue weighted by atomic mass is 35.5. The number of halogens is 5. The Morgan fingerprint density at radius 2 is 1.81 bits per heavy atom. The van der Waals surface area contributed by atoms with E-state index in [-0.39, 0.29) is 31.2 Å². The van der Waals surface area contributed by atoms with Gasteiger partial charge in [0.15, 0.2) is 0 Å². The van der Waals surface area contributed by atoms with Crippen LogP contribution in [0.15, 0.2) is 57.0 Å². The highest BCUT2D eigenvalue weighted by Crippen LogP contribution is 2.36. The number of hydrogen-bond acceptors (Lipinski definition) is 5. The fourth-order valence-electron chi connectivity index (χ4n) is 3.04. The van der Waals surface area contributed by atoms with Crippen molar-refractivity contribution < 1.29 is 22.7 Å². The fraction of sp³-hybridized carbons (Fsp3) is 0.316. The number of alkyl halides is 3. The van der Waals surface area contributed by atoms with Gasteiger partial charge in [-0.1, -0.05) is 23.7 Å². The van der Waals surface area contributed by atoms with E-state index < -0.39 is 42.0 Å². The van der Waals surface area contributed by atoms with Crippen molar-refractivity contribution in [1.82, 2.24) is 14.1 Å². The number of allylic oxidation sites excluding steroid dienone is 4. The number of benzene rings is 1. The monoisotopic (exact) mass is 460 g/mol. The molecule has 1 aromatic heterocycles. The maximum absolute atomic E-state index is 14.0. The van der Waals surface area contributed by atoms with E-state index in [1.165, 1.54) is 0 Å². The Bertz CT molecular complexity index is 1150. The molecule has 0 fully saturated rings. The van der Waals surface area contributed by atoms with Crippen molar-refractivity contribution >= 4 is 17.5 Å². The summed E-state index contributed by atoms with van der Waals surface area (Å²) in [5.74, 6) is -1.70. The third-order valence-corrected chi connectivity index (χ3v) is 4.83. The zero-order valence-electron chi connectivity index (χ0n) is 15.9. The molecule has 0 saturated carbocycles. The molecular formula is C19H17ClF4N4O3. The van der Waals surface area contributed by atoms with Crippen LogP contribution in [0, 0.1) is 0 Å². The third-order valence-electron chi connectivity index (χ3n) is 4.58. The number of anilines is 1. The summed E-state index contributed by atoms with van der Waals surface area (Å²) in [7, 11) is 0. The molecule has 2 aromatic rings.